The number of nitro groups is 1. The molecule has 10 heteroatoms. The second-order valence-electron chi connectivity index (χ2n) is 6.90. The molecule has 0 aromatic heterocycles. The van der Waals surface area contributed by atoms with E-state index in [2.05, 4.69) is 11.3 Å². The fourth-order valence-corrected chi connectivity index (χ4v) is 4.02. The van der Waals surface area contributed by atoms with Crippen LogP contribution in [0.1, 0.15) is 21.5 Å². The highest BCUT2D eigenvalue weighted by Gasteiger charge is 2.20. The molecule has 0 atom stereocenters. The topological polar surface area (TPSA) is 125 Å². The lowest BCUT2D eigenvalue weighted by atomic mass is 10.1. The number of aryl methyl sites for hydroxylation is 1. The van der Waals surface area contributed by atoms with Gasteiger partial charge in [0.2, 0.25) is 0 Å². The van der Waals surface area contributed by atoms with Gasteiger partial charge in [-0.05, 0) is 49.4 Å². The molecule has 0 heterocycles. The summed E-state index contributed by atoms with van der Waals surface area (Å²) in [5.74, 6) is -0.325. The number of benzene rings is 3. The average molecular weight is 468 g/mol. The molecular weight excluding hydrogens is 448 g/mol. The molecule has 3 aromatic carbocycles. The van der Waals surface area contributed by atoms with Gasteiger partial charge in [-0.1, -0.05) is 30.4 Å². The van der Waals surface area contributed by atoms with E-state index in [1.54, 1.807) is 12.1 Å². The summed E-state index contributed by atoms with van der Waals surface area (Å²) in [6, 6.07) is 14.5. The second kappa shape index (κ2) is 9.53. The van der Waals surface area contributed by atoms with Gasteiger partial charge in [0.25, 0.3) is 15.7 Å². The van der Waals surface area contributed by atoms with E-state index in [1.165, 1.54) is 61.7 Å². The van der Waals surface area contributed by atoms with Crippen molar-refractivity contribution >= 4 is 33.4 Å². The summed E-state index contributed by atoms with van der Waals surface area (Å²) in [6.45, 7) is 5.39. The molecular formula is C23H20N2O7S. The van der Waals surface area contributed by atoms with Gasteiger partial charge < -0.3 is 9.47 Å². The van der Waals surface area contributed by atoms with Gasteiger partial charge in [0.1, 0.15) is 11.5 Å². The van der Waals surface area contributed by atoms with Crippen LogP contribution in [0.4, 0.5) is 11.4 Å². The Bertz CT molecular complexity index is 1330. The molecule has 170 valence electrons. The molecule has 33 heavy (non-hydrogen) atoms. The lowest BCUT2D eigenvalue weighted by Crippen LogP contribution is -2.16. The van der Waals surface area contributed by atoms with Crippen LogP contribution < -0.4 is 9.46 Å². The van der Waals surface area contributed by atoms with Gasteiger partial charge in [-0.15, -0.1) is 0 Å². The van der Waals surface area contributed by atoms with Crippen LogP contribution in [0.2, 0.25) is 0 Å². The van der Waals surface area contributed by atoms with Crippen molar-refractivity contribution in [3.05, 3.63) is 94.0 Å². The fraction of sp³-hybridized carbons (Fsp3) is 0.0870. The first kappa shape index (κ1) is 23.5. The maximum Gasteiger partial charge on any atom is 0.340 e. The SMILES string of the molecule is C=Cc1cc(Oc2ccc(NS(=O)(=O)c3ccc(C)cc3)c(C(=O)OC)c2)ccc1[N+](=O)[O-]. The second-order valence-corrected chi connectivity index (χ2v) is 8.58. The van der Waals surface area contributed by atoms with E-state index in [1.807, 2.05) is 6.92 Å². The summed E-state index contributed by atoms with van der Waals surface area (Å²) in [5.41, 5.74) is 0.958. The summed E-state index contributed by atoms with van der Waals surface area (Å²) < 4.78 is 38.4. The number of hydrogen-bond acceptors (Lipinski definition) is 7. The Hall–Kier alpha value is -4.18. The highest BCUT2D eigenvalue weighted by atomic mass is 32.2. The maximum absolute atomic E-state index is 12.8. The molecule has 3 rings (SSSR count). The maximum atomic E-state index is 12.8. The lowest BCUT2D eigenvalue weighted by Gasteiger charge is -2.14. The molecule has 0 bridgehead atoms. The van der Waals surface area contributed by atoms with E-state index in [-0.39, 0.29) is 38.9 Å². The van der Waals surface area contributed by atoms with E-state index in [4.69, 9.17) is 9.47 Å². The van der Waals surface area contributed by atoms with Crippen LogP contribution in [0, 0.1) is 17.0 Å². The van der Waals surface area contributed by atoms with E-state index < -0.39 is 20.9 Å². The molecule has 3 aromatic rings. The Morgan fingerprint density at radius 2 is 1.70 bits per heavy atom. The van der Waals surface area contributed by atoms with Crippen molar-refractivity contribution in [3.63, 3.8) is 0 Å². The number of anilines is 1. The molecule has 0 aliphatic rings. The van der Waals surface area contributed by atoms with Gasteiger partial charge >= 0.3 is 5.97 Å². The lowest BCUT2D eigenvalue weighted by molar-refractivity contribution is -0.385. The number of hydrogen-bond donors (Lipinski definition) is 1. The number of carbonyl (C=O) groups is 1. The molecule has 0 saturated heterocycles. The summed E-state index contributed by atoms with van der Waals surface area (Å²) in [7, 11) is -2.79. The first-order valence-corrected chi connectivity index (χ1v) is 11.0. The van der Waals surface area contributed by atoms with Gasteiger partial charge in [0.15, 0.2) is 0 Å². The van der Waals surface area contributed by atoms with E-state index in [0.717, 1.165) is 5.56 Å². The third-order valence-corrected chi connectivity index (χ3v) is 6.00. The van der Waals surface area contributed by atoms with Crippen LogP contribution in [0.5, 0.6) is 11.5 Å². The minimum Gasteiger partial charge on any atom is -0.465 e. The van der Waals surface area contributed by atoms with E-state index in [9.17, 15) is 23.3 Å². The largest absolute Gasteiger partial charge is 0.465 e. The zero-order valence-electron chi connectivity index (χ0n) is 17.8. The molecule has 0 radical (unpaired) electrons. The predicted molar refractivity (Wildman–Crippen MR) is 123 cm³/mol. The first-order chi connectivity index (χ1) is 15.6. The molecule has 0 aliphatic heterocycles. The molecule has 0 aliphatic carbocycles. The average Bonchev–Trinajstić information content (AvgIpc) is 2.79. The Morgan fingerprint density at radius 3 is 2.30 bits per heavy atom. The summed E-state index contributed by atoms with van der Waals surface area (Å²) in [5, 5.41) is 11.1. The third-order valence-electron chi connectivity index (χ3n) is 4.62. The fourth-order valence-electron chi connectivity index (χ4n) is 2.94. The van der Waals surface area contributed by atoms with Gasteiger partial charge in [-0.2, -0.15) is 0 Å². The van der Waals surface area contributed by atoms with Crippen LogP contribution in [0.3, 0.4) is 0 Å². The Kier molecular flexibility index (Phi) is 6.78. The number of methoxy groups -OCH3 is 1. The van der Waals surface area contributed by atoms with Gasteiger partial charge in [0, 0.05) is 6.07 Å². The van der Waals surface area contributed by atoms with Crippen molar-refractivity contribution in [1.29, 1.82) is 0 Å². The summed E-state index contributed by atoms with van der Waals surface area (Å²) in [6.07, 6.45) is 1.33. The van der Waals surface area contributed by atoms with Crippen LogP contribution in [0.15, 0.2) is 72.1 Å². The number of rotatable bonds is 8. The Labute approximate surface area is 190 Å². The van der Waals surface area contributed by atoms with Gasteiger partial charge in [-0.25, -0.2) is 13.2 Å². The molecule has 1 N–H and O–H groups in total. The minimum atomic E-state index is -3.96. The summed E-state index contributed by atoms with van der Waals surface area (Å²) >= 11 is 0. The molecule has 9 nitrogen and oxygen atoms in total. The number of sulfonamides is 1. The minimum absolute atomic E-state index is 0.00487. The first-order valence-electron chi connectivity index (χ1n) is 9.55. The predicted octanol–water partition coefficient (Wildman–Crippen LogP) is 4.93. The monoisotopic (exact) mass is 468 g/mol. The number of carbonyl (C=O) groups excluding carboxylic acids is 1. The number of nitrogens with one attached hydrogen (secondary N) is 1. The van der Waals surface area contributed by atoms with Crippen molar-refractivity contribution in [3.8, 4) is 11.5 Å². The Morgan fingerprint density at radius 1 is 1.06 bits per heavy atom. The molecule has 0 spiro atoms. The zero-order chi connectivity index (χ0) is 24.2. The zero-order valence-corrected chi connectivity index (χ0v) is 18.6. The van der Waals surface area contributed by atoms with Crippen LogP contribution in [-0.2, 0) is 14.8 Å². The van der Waals surface area contributed by atoms with Gasteiger partial charge in [-0.3, -0.25) is 14.8 Å². The van der Waals surface area contributed by atoms with Crippen LogP contribution >= 0.6 is 0 Å². The third kappa shape index (κ3) is 5.36. The highest BCUT2D eigenvalue weighted by Crippen LogP contribution is 2.31. The standard InChI is InChI=1S/C23H20N2O7S/c1-4-16-13-17(8-12-22(16)25(27)28)32-18-7-11-21(20(14-18)23(26)31-3)24-33(29,30)19-9-5-15(2)6-10-19/h4-14,24H,1H2,2-3H3. The molecule has 0 unspecified atom stereocenters. The number of nitrogens with zero attached hydrogens (tertiary/aromatic N) is 1. The number of ether oxygens (including phenoxy) is 2. The van der Waals surface area contributed by atoms with Gasteiger partial charge in [0.05, 0.1) is 33.7 Å². The normalized spacial score (nSPS) is 10.8. The molecule has 0 fully saturated rings. The van der Waals surface area contributed by atoms with E-state index >= 15 is 0 Å². The quantitative estimate of drug-likeness (QED) is 0.282. The summed E-state index contributed by atoms with van der Waals surface area (Å²) in [4.78, 5) is 22.9. The van der Waals surface area contributed by atoms with E-state index in [0.29, 0.717) is 0 Å². The van der Waals surface area contributed by atoms with Crippen LogP contribution in [-0.4, -0.2) is 26.4 Å². The van der Waals surface area contributed by atoms with Crippen molar-refractivity contribution in [2.75, 3.05) is 11.8 Å². The smallest absolute Gasteiger partial charge is 0.340 e. The van der Waals surface area contributed by atoms with Crippen LogP contribution in [0.25, 0.3) is 6.08 Å². The van der Waals surface area contributed by atoms with Crippen molar-refractivity contribution in [2.45, 2.75) is 11.8 Å². The molecule has 0 saturated carbocycles. The van der Waals surface area contributed by atoms with Crippen molar-refractivity contribution in [1.82, 2.24) is 0 Å². The Balaban J connectivity index is 1.94. The molecule has 0 amide bonds. The number of esters is 1. The van der Waals surface area contributed by atoms with Crippen molar-refractivity contribution in [2.24, 2.45) is 0 Å². The number of nitro benzene ring substituents is 1. The highest BCUT2D eigenvalue weighted by molar-refractivity contribution is 7.92. The van der Waals surface area contributed by atoms with Crippen molar-refractivity contribution < 1.29 is 27.6 Å².